The number of hydrogen-bond donors (Lipinski definition) is 0. The topological polar surface area (TPSA) is 0 Å². The van der Waals surface area contributed by atoms with E-state index in [9.17, 15) is 0 Å². The lowest BCUT2D eigenvalue weighted by molar-refractivity contribution is 0.893. The molecule has 0 aliphatic heterocycles. The van der Waals surface area contributed by atoms with E-state index < -0.39 is 0 Å². The van der Waals surface area contributed by atoms with Crippen molar-refractivity contribution in [2.45, 2.75) is 17.7 Å². The maximum atomic E-state index is 6.01. The maximum absolute atomic E-state index is 6.01. The third-order valence-electron chi connectivity index (χ3n) is 1.52. The lowest BCUT2D eigenvalue weighted by atomic mass is 10.1. The zero-order chi connectivity index (χ0) is 8.27. The molecule has 0 saturated carbocycles. The molecule has 1 aromatic rings. The van der Waals surface area contributed by atoms with Crippen LogP contribution >= 0.6 is 23.2 Å². The molecule has 0 amide bonds. The Balaban J connectivity index is 2.77. The van der Waals surface area contributed by atoms with Gasteiger partial charge in [0.1, 0.15) is 0 Å². The molecule has 0 radical (unpaired) electrons. The zero-order valence-electron chi connectivity index (χ0n) is 6.30. The van der Waals surface area contributed by atoms with Crippen LogP contribution < -0.4 is 0 Å². The molecule has 2 atom stereocenters. The number of rotatable bonds is 2. The van der Waals surface area contributed by atoms with E-state index in [2.05, 4.69) is 0 Å². The Bertz CT molecular complexity index is 206. The molecule has 1 aromatic carbocycles. The van der Waals surface area contributed by atoms with Crippen LogP contribution in [0.1, 0.15) is 17.9 Å². The van der Waals surface area contributed by atoms with E-state index in [4.69, 9.17) is 23.2 Å². The highest BCUT2D eigenvalue weighted by atomic mass is 35.5. The molecular weight excluding hydrogens is 179 g/mol. The molecule has 0 spiro atoms. The molecule has 0 saturated heterocycles. The minimum atomic E-state index is -0.0853. The summed E-state index contributed by atoms with van der Waals surface area (Å²) < 4.78 is 0. The quantitative estimate of drug-likeness (QED) is 0.623. The minimum Gasteiger partial charge on any atom is -0.121 e. The normalized spacial score (nSPS) is 15.9. The predicted octanol–water partition coefficient (Wildman–Crippen LogP) is 3.59. The Kier molecular flexibility index (Phi) is 3.22. The molecule has 0 bridgehead atoms. The second-order valence-electron chi connectivity index (χ2n) is 2.49. The van der Waals surface area contributed by atoms with Gasteiger partial charge in [0.15, 0.2) is 0 Å². The Morgan fingerprint density at radius 2 is 1.64 bits per heavy atom. The first-order valence-corrected chi connectivity index (χ1v) is 4.42. The third-order valence-corrected chi connectivity index (χ3v) is 2.53. The zero-order valence-corrected chi connectivity index (χ0v) is 7.81. The van der Waals surface area contributed by atoms with Gasteiger partial charge in [-0.15, -0.1) is 23.2 Å². The van der Waals surface area contributed by atoms with Gasteiger partial charge < -0.3 is 0 Å². The molecule has 0 N–H and O–H groups in total. The summed E-state index contributed by atoms with van der Waals surface area (Å²) in [5, 5.41) is -0.114. The summed E-state index contributed by atoms with van der Waals surface area (Å²) in [6, 6.07) is 9.85. The largest absolute Gasteiger partial charge is 0.121 e. The van der Waals surface area contributed by atoms with Crippen molar-refractivity contribution in [3.63, 3.8) is 0 Å². The fraction of sp³-hybridized carbons (Fsp3) is 0.333. The van der Waals surface area contributed by atoms with Crippen LogP contribution in [0.4, 0.5) is 0 Å². The molecule has 0 nitrogen and oxygen atoms in total. The molecule has 0 fully saturated rings. The molecule has 11 heavy (non-hydrogen) atoms. The van der Waals surface area contributed by atoms with Gasteiger partial charge in [-0.1, -0.05) is 30.3 Å². The van der Waals surface area contributed by atoms with E-state index in [1.165, 1.54) is 0 Å². The van der Waals surface area contributed by atoms with Crippen LogP contribution in [0.15, 0.2) is 30.3 Å². The Labute approximate surface area is 77.1 Å². The molecule has 0 aliphatic carbocycles. The average molecular weight is 189 g/mol. The van der Waals surface area contributed by atoms with Crippen molar-refractivity contribution >= 4 is 23.2 Å². The second-order valence-corrected chi connectivity index (χ2v) is 3.65. The summed E-state index contributed by atoms with van der Waals surface area (Å²) in [6.45, 7) is 1.90. The van der Waals surface area contributed by atoms with Gasteiger partial charge in [-0.05, 0) is 12.5 Å². The van der Waals surface area contributed by atoms with Crippen LogP contribution in [-0.4, -0.2) is 5.38 Å². The number of halogens is 2. The number of hydrogen-bond acceptors (Lipinski definition) is 0. The van der Waals surface area contributed by atoms with Crippen LogP contribution in [0, 0.1) is 0 Å². The van der Waals surface area contributed by atoms with Gasteiger partial charge in [0.2, 0.25) is 0 Å². The Morgan fingerprint density at radius 3 is 2.09 bits per heavy atom. The second kappa shape index (κ2) is 3.99. The van der Waals surface area contributed by atoms with Crippen molar-refractivity contribution in [3.8, 4) is 0 Å². The van der Waals surface area contributed by atoms with Crippen molar-refractivity contribution in [2.75, 3.05) is 0 Å². The standard InChI is InChI=1S/C9H10Cl2/c1-7(10)9(11)8-5-3-2-4-6-8/h2-7,9H,1H3/t7-,9-/m0/s1. The molecular formula is C9H10Cl2. The van der Waals surface area contributed by atoms with E-state index in [0.717, 1.165) is 5.56 Å². The van der Waals surface area contributed by atoms with E-state index in [1.807, 2.05) is 37.3 Å². The van der Waals surface area contributed by atoms with Gasteiger partial charge in [0.25, 0.3) is 0 Å². The van der Waals surface area contributed by atoms with Crippen LogP contribution in [0.25, 0.3) is 0 Å². The van der Waals surface area contributed by atoms with Crippen molar-refractivity contribution in [1.82, 2.24) is 0 Å². The van der Waals surface area contributed by atoms with Gasteiger partial charge in [-0.3, -0.25) is 0 Å². The SMILES string of the molecule is C[C@H](Cl)[C@H](Cl)c1ccccc1. The van der Waals surface area contributed by atoms with Crippen molar-refractivity contribution in [1.29, 1.82) is 0 Å². The number of alkyl halides is 2. The molecule has 0 aromatic heterocycles. The summed E-state index contributed by atoms with van der Waals surface area (Å²) >= 11 is 11.8. The summed E-state index contributed by atoms with van der Waals surface area (Å²) in [6.07, 6.45) is 0. The van der Waals surface area contributed by atoms with E-state index in [1.54, 1.807) is 0 Å². The highest BCUT2D eigenvalue weighted by Crippen LogP contribution is 2.26. The summed E-state index contributed by atoms with van der Waals surface area (Å²) in [4.78, 5) is 0. The molecule has 0 aliphatic rings. The van der Waals surface area contributed by atoms with Gasteiger partial charge in [-0.2, -0.15) is 0 Å². The highest BCUT2D eigenvalue weighted by Gasteiger charge is 2.12. The van der Waals surface area contributed by atoms with E-state index in [0.29, 0.717) is 0 Å². The first kappa shape index (κ1) is 8.89. The van der Waals surface area contributed by atoms with Gasteiger partial charge in [0, 0.05) is 0 Å². The van der Waals surface area contributed by atoms with Crippen LogP contribution in [-0.2, 0) is 0 Å². The minimum absolute atomic E-state index is 0.0286. The summed E-state index contributed by atoms with van der Waals surface area (Å²) in [5.74, 6) is 0. The molecule has 60 valence electrons. The Hall–Kier alpha value is -0.200. The molecule has 0 unspecified atom stereocenters. The monoisotopic (exact) mass is 188 g/mol. The van der Waals surface area contributed by atoms with Gasteiger partial charge in [-0.25, -0.2) is 0 Å². The maximum Gasteiger partial charge on any atom is 0.0746 e. The smallest absolute Gasteiger partial charge is 0.0746 e. The first-order chi connectivity index (χ1) is 5.22. The third kappa shape index (κ3) is 2.39. The fourth-order valence-electron chi connectivity index (χ4n) is 0.902. The van der Waals surface area contributed by atoms with Gasteiger partial charge >= 0.3 is 0 Å². The molecule has 2 heteroatoms. The van der Waals surface area contributed by atoms with Crippen molar-refractivity contribution in [2.24, 2.45) is 0 Å². The Morgan fingerprint density at radius 1 is 1.09 bits per heavy atom. The average Bonchev–Trinajstić information content (AvgIpc) is 2.05. The van der Waals surface area contributed by atoms with Gasteiger partial charge in [0.05, 0.1) is 10.8 Å². The highest BCUT2D eigenvalue weighted by molar-refractivity contribution is 6.29. The molecule has 1 rings (SSSR count). The summed E-state index contributed by atoms with van der Waals surface area (Å²) in [7, 11) is 0. The molecule has 0 heterocycles. The van der Waals surface area contributed by atoms with Crippen LogP contribution in [0.5, 0.6) is 0 Å². The first-order valence-electron chi connectivity index (χ1n) is 3.55. The van der Waals surface area contributed by atoms with E-state index in [-0.39, 0.29) is 10.8 Å². The van der Waals surface area contributed by atoms with Crippen LogP contribution in [0.3, 0.4) is 0 Å². The van der Waals surface area contributed by atoms with Crippen molar-refractivity contribution in [3.05, 3.63) is 35.9 Å². The summed E-state index contributed by atoms with van der Waals surface area (Å²) in [5.41, 5.74) is 1.08. The fourth-order valence-corrected chi connectivity index (χ4v) is 1.19. The van der Waals surface area contributed by atoms with Crippen molar-refractivity contribution < 1.29 is 0 Å². The predicted molar refractivity (Wildman–Crippen MR) is 50.4 cm³/mol. The van der Waals surface area contributed by atoms with Crippen LogP contribution in [0.2, 0.25) is 0 Å². The lowest BCUT2D eigenvalue weighted by Gasteiger charge is -2.10. The van der Waals surface area contributed by atoms with E-state index >= 15 is 0 Å². The lowest BCUT2D eigenvalue weighted by Crippen LogP contribution is -2.01. The number of benzene rings is 1.